The molecule has 0 bridgehead atoms. The van der Waals surface area contributed by atoms with Gasteiger partial charge in [-0.05, 0) is 23.8 Å². The molecule has 1 rings (SSSR count). The number of carboxylic acids is 1. The number of hydrogen-bond acceptors (Lipinski definition) is 6. The summed E-state index contributed by atoms with van der Waals surface area (Å²) in [4.78, 5) is 10.2. The van der Waals surface area contributed by atoms with E-state index in [-0.39, 0.29) is 13.2 Å². The van der Waals surface area contributed by atoms with E-state index in [1.807, 2.05) is 0 Å². The zero-order chi connectivity index (χ0) is 18.9. The number of ether oxygens (including phenoxy) is 5. The summed E-state index contributed by atoms with van der Waals surface area (Å²) in [6, 6.07) is 7.07. The first-order valence-electron chi connectivity index (χ1n) is 8.25. The van der Waals surface area contributed by atoms with Crippen molar-refractivity contribution in [3.8, 4) is 5.75 Å². The maximum Gasteiger partial charge on any atom is 0.329 e. The number of hydrogen-bond donors (Lipinski definition) is 1. The number of benzene rings is 1. The third kappa shape index (κ3) is 12.4. The van der Waals surface area contributed by atoms with Crippen LogP contribution < -0.4 is 4.74 Å². The van der Waals surface area contributed by atoms with Gasteiger partial charge in [0.25, 0.3) is 0 Å². The lowest BCUT2D eigenvalue weighted by Crippen LogP contribution is -2.15. The fourth-order valence-corrected chi connectivity index (χ4v) is 1.79. The molecule has 0 spiro atoms. The molecular weight excluding hydrogens is 347 g/mol. The first kappa shape index (κ1) is 22.0. The predicted molar refractivity (Wildman–Crippen MR) is 93.0 cm³/mol. The van der Waals surface area contributed by atoms with Gasteiger partial charge in [-0.25, -0.2) is 9.18 Å². The highest BCUT2D eigenvalue weighted by atomic mass is 19.1. The molecule has 0 saturated carbocycles. The summed E-state index contributed by atoms with van der Waals surface area (Å²) in [6.45, 7) is 2.84. The molecule has 8 heteroatoms. The fraction of sp³-hybridized carbons (Fsp3) is 0.500. The Morgan fingerprint density at radius 1 is 0.846 bits per heavy atom. The normalized spacial score (nSPS) is 11.1. The Morgan fingerprint density at radius 3 is 1.85 bits per heavy atom. The van der Waals surface area contributed by atoms with E-state index in [1.165, 1.54) is 6.08 Å². The Balaban J connectivity index is 1.84. The van der Waals surface area contributed by atoms with E-state index in [1.54, 1.807) is 24.3 Å². The van der Waals surface area contributed by atoms with Gasteiger partial charge < -0.3 is 28.8 Å². The molecule has 0 radical (unpaired) electrons. The van der Waals surface area contributed by atoms with Gasteiger partial charge in [-0.3, -0.25) is 0 Å². The van der Waals surface area contributed by atoms with Gasteiger partial charge in [0.1, 0.15) is 19.0 Å². The minimum absolute atomic E-state index is 0.241. The van der Waals surface area contributed by atoms with Crippen molar-refractivity contribution in [2.75, 3.05) is 59.5 Å². The summed E-state index contributed by atoms with van der Waals surface area (Å²) in [5.74, 6) is -0.298. The monoisotopic (exact) mass is 372 g/mol. The number of halogens is 1. The second-order valence-corrected chi connectivity index (χ2v) is 4.99. The molecule has 0 unspecified atom stereocenters. The Kier molecular flexibility index (Phi) is 12.9. The fourth-order valence-electron chi connectivity index (χ4n) is 1.79. The van der Waals surface area contributed by atoms with Gasteiger partial charge in [-0.15, -0.1) is 0 Å². The molecule has 0 saturated heterocycles. The summed E-state index contributed by atoms with van der Waals surface area (Å²) in [6.07, 6.45) is 1.86. The van der Waals surface area contributed by atoms with Crippen LogP contribution in [0.4, 0.5) is 4.39 Å². The molecule has 0 aliphatic heterocycles. The van der Waals surface area contributed by atoms with Crippen molar-refractivity contribution in [3.05, 3.63) is 36.2 Å². The van der Waals surface area contributed by atoms with Crippen LogP contribution in [-0.2, 0) is 23.7 Å². The van der Waals surface area contributed by atoms with Crippen molar-refractivity contribution in [3.63, 3.8) is 0 Å². The van der Waals surface area contributed by atoms with Crippen LogP contribution in [0.25, 0.3) is 6.08 Å². The molecule has 0 aromatic heterocycles. The molecule has 0 amide bonds. The summed E-state index contributed by atoms with van der Waals surface area (Å²) < 4.78 is 38.2. The molecule has 0 aliphatic carbocycles. The first-order valence-corrected chi connectivity index (χ1v) is 8.25. The van der Waals surface area contributed by atoms with Crippen LogP contribution in [0.15, 0.2) is 30.6 Å². The smallest absolute Gasteiger partial charge is 0.329 e. The van der Waals surface area contributed by atoms with Crippen molar-refractivity contribution in [1.29, 1.82) is 0 Å². The zero-order valence-corrected chi connectivity index (χ0v) is 14.6. The Bertz CT molecular complexity index is 505. The van der Waals surface area contributed by atoms with Crippen molar-refractivity contribution >= 4 is 12.0 Å². The van der Waals surface area contributed by atoms with Gasteiger partial charge in [-0.1, -0.05) is 12.1 Å². The van der Waals surface area contributed by atoms with E-state index < -0.39 is 5.97 Å². The highest BCUT2D eigenvalue weighted by Crippen LogP contribution is 2.13. The Labute approximate surface area is 152 Å². The standard InChI is InChI=1S/C18H25FO7/c19-6-5-16-1-3-17(4-2-16)26-14-13-24-10-9-22-7-8-23-11-12-25-15-18(20)21/h1-6H,7-15H2,(H,20,21)/b6-5+. The minimum atomic E-state index is -0.998. The number of aliphatic carboxylic acids is 1. The predicted octanol–water partition coefficient (Wildman–Crippen LogP) is 2.16. The van der Waals surface area contributed by atoms with Crippen LogP contribution in [0, 0.1) is 0 Å². The molecule has 146 valence electrons. The second-order valence-electron chi connectivity index (χ2n) is 4.99. The second kappa shape index (κ2) is 15.3. The van der Waals surface area contributed by atoms with E-state index in [0.717, 1.165) is 5.56 Å². The van der Waals surface area contributed by atoms with Crippen LogP contribution in [-0.4, -0.2) is 70.5 Å². The minimum Gasteiger partial charge on any atom is -0.491 e. The van der Waals surface area contributed by atoms with Gasteiger partial charge in [0.05, 0.1) is 52.6 Å². The molecule has 0 atom stereocenters. The van der Waals surface area contributed by atoms with Crippen LogP contribution in [0.3, 0.4) is 0 Å². The zero-order valence-electron chi connectivity index (χ0n) is 14.6. The summed E-state index contributed by atoms with van der Waals surface area (Å²) >= 11 is 0. The van der Waals surface area contributed by atoms with Crippen molar-refractivity contribution in [2.24, 2.45) is 0 Å². The third-order valence-corrected chi connectivity index (χ3v) is 2.97. The molecule has 1 N–H and O–H groups in total. The lowest BCUT2D eigenvalue weighted by Gasteiger charge is -2.08. The molecule has 0 heterocycles. The van der Waals surface area contributed by atoms with Gasteiger partial charge in [0.15, 0.2) is 0 Å². The van der Waals surface area contributed by atoms with Gasteiger partial charge in [-0.2, -0.15) is 0 Å². The number of carbonyl (C=O) groups is 1. The lowest BCUT2D eigenvalue weighted by atomic mass is 10.2. The van der Waals surface area contributed by atoms with Crippen molar-refractivity contribution < 1.29 is 38.0 Å². The van der Waals surface area contributed by atoms with E-state index in [4.69, 9.17) is 28.8 Å². The summed E-state index contributed by atoms with van der Waals surface area (Å²) in [5.41, 5.74) is 0.769. The number of rotatable bonds is 16. The highest BCUT2D eigenvalue weighted by molar-refractivity contribution is 5.67. The van der Waals surface area contributed by atoms with Crippen LogP contribution >= 0.6 is 0 Å². The Morgan fingerprint density at radius 2 is 1.35 bits per heavy atom. The number of carboxylic acid groups (broad SMARTS) is 1. The van der Waals surface area contributed by atoms with Crippen LogP contribution in [0.5, 0.6) is 5.75 Å². The van der Waals surface area contributed by atoms with Crippen molar-refractivity contribution in [2.45, 2.75) is 0 Å². The molecule has 0 aliphatic rings. The lowest BCUT2D eigenvalue weighted by molar-refractivity contribution is -0.142. The maximum absolute atomic E-state index is 12.0. The van der Waals surface area contributed by atoms with Gasteiger partial charge in [0, 0.05) is 0 Å². The summed E-state index contributed by atoms with van der Waals surface area (Å²) in [7, 11) is 0. The van der Waals surface area contributed by atoms with E-state index in [0.29, 0.717) is 58.3 Å². The summed E-state index contributed by atoms with van der Waals surface area (Å²) in [5, 5.41) is 8.36. The molecule has 1 aromatic rings. The maximum atomic E-state index is 12.0. The van der Waals surface area contributed by atoms with Gasteiger partial charge in [0.2, 0.25) is 0 Å². The quantitative estimate of drug-likeness (QED) is 0.445. The van der Waals surface area contributed by atoms with E-state index >= 15 is 0 Å². The molecular formula is C18H25FO7. The Hall–Kier alpha value is -2.00. The van der Waals surface area contributed by atoms with E-state index in [9.17, 15) is 9.18 Å². The van der Waals surface area contributed by atoms with Crippen LogP contribution in [0.2, 0.25) is 0 Å². The topological polar surface area (TPSA) is 83.5 Å². The van der Waals surface area contributed by atoms with Crippen molar-refractivity contribution in [1.82, 2.24) is 0 Å². The average molecular weight is 372 g/mol. The first-order chi connectivity index (χ1) is 12.7. The molecule has 0 fully saturated rings. The molecule has 26 heavy (non-hydrogen) atoms. The highest BCUT2D eigenvalue weighted by Gasteiger charge is 1.97. The average Bonchev–Trinajstić information content (AvgIpc) is 2.63. The molecule has 1 aromatic carbocycles. The largest absolute Gasteiger partial charge is 0.491 e. The van der Waals surface area contributed by atoms with E-state index in [2.05, 4.69) is 0 Å². The molecule has 7 nitrogen and oxygen atoms in total. The SMILES string of the molecule is O=C(O)COCCOCCOCCOCCOc1ccc(/C=C/F)cc1. The van der Waals surface area contributed by atoms with Crippen LogP contribution in [0.1, 0.15) is 5.56 Å². The third-order valence-electron chi connectivity index (χ3n) is 2.97. The van der Waals surface area contributed by atoms with Gasteiger partial charge >= 0.3 is 5.97 Å².